The van der Waals surface area contributed by atoms with Gasteiger partial charge >= 0.3 is 16.1 Å². The average Bonchev–Trinajstić information content (AvgIpc) is 2.88. The molecule has 1 heterocycles. The highest BCUT2D eigenvalue weighted by atomic mass is 32.2. The van der Waals surface area contributed by atoms with Gasteiger partial charge in [0.15, 0.2) is 11.6 Å². The van der Waals surface area contributed by atoms with Gasteiger partial charge in [-0.15, -0.1) is 0 Å². The Hall–Kier alpha value is -3.72. The first-order valence-electron chi connectivity index (χ1n) is 12.4. The summed E-state index contributed by atoms with van der Waals surface area (Å²) in [6, 6.07) is 14.3. The van der Waals surface area contributed by atoms with E-state index in [0.29, 0.717) is 55.2 Å². The second-order valence-corrected chi connectivity index (χ2v) is 11.0. The number of aliphatic carboxylic acids is 1. The summed E-state index contributed by atoms with van der Waals surface area (Å²) < 4.78 is 30.6. The Bertz CT molecular complexity index is 1380. The molecule has 0 atom stereocenters. The van der Waals surface area contributed by atoms with Gasteiger partial charge in [-0.1, -0.05) is 30.3 Å². The number of hydrogen-bond donors (Lipinski definition) is 1. The number of nitrogens with zero attached hydrogens (tertiary/aromatic N) is 1. The zero-order chi connectivity index (χ0) is 26.2. The predicted molar refractivity (Wildman–Crippen MR) is 134 cm³/mol. The lowest BCUT2D eigenvalue weighted by atomic mass is 9.71. The van der Waals surface area contributed by atoms with Gasteiger partial charge in [0.1, 0.15) is 10.6 Å². The van der Waals surface area contributed by atoms with E-state index >= 15 is 0 Å². The molecule has 1 aliphatic heterocycles. The van der Waals surface area contributed by atoms with E-state index in [4.69, 9.17) is 4.18 Å². The quantitative estimate of drug-likeness (QED) is 0.535. The third-order valence-corrected chi connectivity index (χ3v) is 8.35. The van der Waals surface area contributed by atoms with Crippen molar-refractivity contribution in [1.29, 1.82) is 0 Å². The number of rotatable bonds is 7. The molecule has 9 heteroatoms. The van der Waals surface area contributed by atoms with Gasteiger partial charge in [-0.2, -0.15) is 8.42 Å². The van der Waals surface area contributed by atoms with Crippen LogP contribution in [0.4, 0.5) is 0 Å². The molecule has 8 nitrogen and oxygen atoms in total. The van der Waals surface area contributed by atoms with Gasteiger partial charge in [0.25, 0.3) is 0 Å². The number of benzene rings is 2. The standard InChI is InChI=1S/C28H27NO7S/c30-23-10-4-8-21-27(23)26(28-22(9-5-11-24(28)31)29(21)17-16-25(32)33)18-12-14-19(15-13-18)36-37(34,35)20-6-2-1-3-7-20/h1-3,6-7,12-15,26H,4-5,8-11,16-17H2,(H,32,33). The summed E-state index contributed by atoms with van der Waals surface area (Å²) in [6.45, 7) is 0.213. The summed E-state index contributed by atoms with van der Waals surface area (Å²) in [4.78, 5) is 39.8. The molecule has 0 spiro atoms. The van der Waals surface area contributed by atoms with Crippen LogP contribution in [0.1, 0.15) is 56.4 Å². The van der Waals surface area contributed by atoms with E-state index in [-0.39, 0.29) is 35.2 Å². The van der Waals surface area contributed by atoms with E-state index in [9.17, 15) is 27.9 Å². The fourth-order valence-electron chi connectivity index (χ4n) is 5.50. The van der Waals surface area contributed by atoms with Crippen molar-refractivity contribution < 1.29 is 32.1 Å². The van der Waals surface area contributed by atoms with E-state index in [2.05, 4.69) is 0 Å². The van der Waals surface area contributed by atoms with E-state index in [0.717, 1.165) is 11.4 Å². The minimum absolute atomic E-state index is 0.0384. The Labute approximate surface area is 215 Å². The lowest BCUT2D eigenvalue weighted by Gasteiger charge is -2.43. The molecule has 1 N–H and O–H groups in total. The van der Waals surface area contributed by atoms with Gasteiger partial charge in [-0.25, -0.2) is 0 Å². The van der Waals surface area contributed by atoms with Crippen LogP contribution < -0.4 is 4.18 Å². The summed E-state index contributed by atoms with van der Waals surface area (Å²) in [5.41, 5.74) is 3.42. The molecule has 37 heavy (non-hydrogen) atoms. The molecular formula is C28H27NO7S. The SMILES string of the molecule is O=C(O)CCN1C2=C(C(=O)CCC2)C(c2ccc(OS(=O)(=O)c3ccccc3)cc2)C2=C1CCCC2=O. The Kier molecular flexibility index (Phi) is 6.72. The fraction of sp³-hybridized carbons (Fsp3) is 0.321. The smallest absolute Gasteiger partial charge is 0.339 e. The Balaban J connectivity index is 1.54. The second kappa shape index (κ2) is 9.97. The topological polar surface area (TPSA) is 118 Å². The molecule has 0 fully saturated rings. The van der Waals surface area contributed by atoms with Crippen LogP contribution >= 0.6 is 0 Å². The molecule has 5 rings (SSSR count). The summed E-state index contributed by atoms with van der Waals surface area (Å²) in [7, 11) is -4.01. The van der Waals surface area contributed by atoms with Crippen LogP contribution in [0.2, 0.25) is 0 Å². The summed E-state index contributed by atoms with van der Waals surface area (Å²) in [6.07, 6.45) is 3.27. The van der Waals surface area contributed by atoms with Crippen LogP contribution in [0, 0.1) is 0 Å². The van der Waals surface area contributed by atoms with Crippen LogP contribution in [0.5, 0.6) is 5.75 Å². The molecule has 2 aliphatic carbocycles. The first kappa shape index (κ1) is 25.0. The Morgan fingerprint density at radius 1 is 0.865 bits per heavy atom. The van der Waals surface area contributed by atoms with Gasteiger partial charge in [0, 0.05) is 47.8 Å². The molecule has 3 aliphatic rings. The number of Topliss-reactive ketones (excluding diaryl/α,β-unsaturated/α-hetero) is 2. The highest BCUT2D eigenvalue weighted by Gasteiger charge is 2.43. The van der Waals surface area contributed by atoms with Gasteiger partial charge in [-0.05, 0) is 55.5 Å². The molecule has 192 valence electrons. The number of carbonyl (C=O) groups is 3. The van der Waals surface area contributed by atoms with Crippen molar-refractivity contribution in [3.05, 3.63) is 82.7 Å². The van der Waals surface area contributed by atoms with Gasteiger partial charge in [0.05, 0.1) is 6.42 Å². The van der Waals surface area contributed by atoms with E-state index in [1.165, 1.54) is 24.3 Å². The zero-order valence-corrected chi connectivity index (χ0v) is 21.0. The minimum Gasteiger partial charge on any atom is -0.481 e. The number of carboxylic acid groups (broad SMARTS) is 1. The molecule has 0 unspecified atom stereocenters. The molecular weight excluding hydrogens is 494 g/mol. The number of hydrogen-bond acceptors (Lipinski definition) is 7. The molecule has 0 amide bonds. The molecule has 2 aromatic carbocycles. The summed E-state index contributed by atoms with van der Waals surface area (Å²) in [5, 5.41) is 9.30. The third-order valence-electron chi connectivity index (χ3n) is 7.09. The number of ketones is 2. The van der Waals surface area contributed by atoms with Crippen molar-refractivity contribution >= 4 is 27.7 Å². The maximum Gasteiger partial charge on any atom is 0.339 e. The highest BCUT2D eigenvalue weighted by Crippen LogP contribution is 2.49. The molecule has 0 radical (unpaired) electrons. The highest BCUT2D eigenvalue weighted by molar-refractivity contribution is 7.87. The lowest BCUT2D eigenvalue weighted by molar-refractivity contribution is -0.137. The van der Waals surface area contributed by atoms with Gasteiger partial charge in [-0.3, -0.25) is 14.4 Å². The van der Waals surface area contributed by atoms with E-state index in [1.54, 1.807) is 30.3 Å². The number of carboxylic acids is 1. The molecule has 0 bridgehead atoms. The molecule has 0 saturated heterocycles. The van der Waals surface area contributed by atoms with Gasteiger partial charge in [0.2, 0.25) is 0 Å². The predicted octanol–water partition coefficient (Wildman–Crippen LogP) is 4.34. The first-order valence-corrected chi connectivity index (χ1v) is 13.8. The maximum absolute atomic E-state index is 13.2. The lowest BCUT2D eigenvalue weighted by Crippen LogP contribution is -2.39. The van der Waals surface area contributed by atoms with Crippen LogP contribution in [0.25, 0.3) is 0 Å². The largest absolute Gasteiger partial charge is 0.481 e. The second-order valence-electron chi connectivity index (χ2n) is 9.42. The number of allylic oxidation sites excluding steroid dienone is 4. The van der Waals surface area contributed by atoms with Crippen molar-refractivity contribution in [2.75, 3.05) is 6.54 Å². The molecule has 0 aromatic heterocycles. The maximum atomic E-state index is 13.2. The van der Waals surface area contributed by atoms with Crippen LogP contribution in [-0.4, -0.2) is 42.5 Å². The number of carbonyl (C=O) groups excluding carboxylic acids is 2. The Morgan fingerprint density at radius 3 is 1.97 bits per heavy atom. The van der Waals surface area contributed by atoms with Crippen molar-refractivity contribution in [2.45, 2.75) is 55.8 Å². The zero-order valence-electron chi connectivity index (χ0n) is 20.2. The van der Waals surface area contributed by atoms with Gasteiger partial charge < -0.3 is 14.2 Å². The van der Waals surface area contributed by atoms with Crippen molar-refractivity contribution in [1.82, 2.24) is 4.90 Å². The fourth-order valence-corrected chi connectivity index (χ4v) is 6.46. The van der Waals surface area contributed by atoms with Crippen molar-refractivity contribution in [3.8, 4) is 5.75 Å². The molecule has 2 aromatic rings. The van der Waals surface area contributed by atoms with Crippen LogP contribution in [0.3, 0.4) is 0 Å². The summed E-state index contributed by atoms with van der Waals surface area (Å²) >= 11 is 0. The monoisotopic (exact) mass is 521 g/mol. The van der Waals surface area contributed by atoms with E-state index < -0.39 is 22.0 Å². The average molecular weight is 522 g/mol. The summed E-state index contributed by atoms with van der Waals surface area (Å²) in [5.74, 6) is -1.45. The van der Waals surface area contributed by atoms with E-state index in [1.807, 2.05) is 4.90 Å². The minimum atomic E-state index is -4.01. The Morgan fingerprint density at radius 2 is 1.43 bits per heavy atom. The third kappa shape index (κ3) is 4.83. The normalized spacial score (nSPS) is 18.5. The van der Waals surface area contributed by atoms with Crippen molar-refractivity contribution in [2.24, 2.45) is 0 Å². The first-order chi connectivity index (χ1) is 17.8. The van der Waals surface area contributed by atoms with Crippen molar-refractivity contribution in [3.63, 3.8) is 0 Å². The van der Waals surface area contributed by atoms with Crippen LogP contribution in [-0.2, 0) is 24.5 Å². The molecule has 0 saturated carbocycles. The van der Waals surface area contributed by atoms with Crippen LogP contribution in [0.15, 0.2) is 82.0 Å².